The largest absolute Gasteiger partial charge is 0.359 e. The molecule has 19 heavy (non-hydrogen) atoms. The Bertz CT molecular complexity index is 468. The van der Waals surface area contributed by atoms with Crippen molar-refractivity contribution in [3.63, 3.8) is 0 Å². The van der Waals surface area contributed by atoms with E-state index in [1.54, 1.807) is 6.08 Å². The molecule has 3 heteroatoms. The molecule has 1 aliphatic carbocycles. The Kier molecular flexibility index (Phi) is 4.97. The smallest absolute Gasteiger partial charge is 0.167 e. The molecule has 2 nitrogen and oxygen atoms in total. The summed E-state index contributed by atoms with van der Waals surface area (Å²) in [6, 6.07) is 7.07. The number of thiocarbonyl (C=S) groups is 1. The fourth-order valence-corrected chi connectivity index (χ4v) is 2.78. The summed E-state index contributed by atoms with van der Waals surface area (Å²) in [6.07, 6.45) is 6.90. The third kappa shape index (κ3) is 3.80. The summed E-state index contributed by atoms with van der Waals surface area (Å²) in [6.45, 7) is 6.51. The highest BCUT2D eigenvalue weighted by Gasteiger charge is 2.12. The molecule has 1 aromatic rings. The zero-order chi connectivity index (χ0) is 13.7. The number of benzene rings is 1. The van der Waals surface area contributed by atoms with E-state index in [1.807, 2.05) is 0 Å². The first-order valence-corrected chi connectivity index (χ1v) is 7.38. The second-order valence-corrected chi connectivity index (χ2v) is 5.51. The van der Waals surface area contributed by atoms with Crippen molar-refractivity contribution in [2.75, 3.05) is 6.54 Å². The molecule has 102 valence electrons. The van der Waals surface area contributed by atoms with Crippen LogP contribution in [0.4, 0.5) is 0 Å². The van der Waals surface area contributed by atoms with E-state index >= 15 is 0 Å². The molecule has 2 N–H and O–H groups in total. The summed E-state index contributed by atoms with van der Waals surface area (Å²) >= 11 is 5.25. The van der Waals surface area contributed by atoms with Gasteiger partial charge < -0.3 is 10.6 Å². The molecule has 0 fully saturated rings. The summed E-state index contributed by atoms with van der Waals surface area (Å²) in [5, 5.41) is 7.09. The van der Waals surface area contributed by atoms with E-state index in [0.29, 0.717) is 11.7 Å². The van der Waals surface area contributed by atoms with Crippen LogP contribution in [0.1, 0.15) is 42.5 Å². The highest BCUT2D eigenvalue weighted by molar-refractivity contribution is 7.80. The van der Waals surface area contributed by atoms with Gasteiger partial charge in [0, 0.05) is 6.54 Å². The van der Waals surface area contributed by atoms with E-state index < -0.39 is 0 Å². The van der Waals surface area contributed by atoms with E-state index in [-0.39, 0.29) is 6.04 Å². The number of fused-ring (bicyclic) bond motifs is 1. The van der Waals surface area contributed by atoms with Gasteiger partial charge in [-0.1, -0.05) is 24.3 Å². The monoisotopic (exact) mass is 274 g/mol. The van der Waals surface area contributed by atoms with Crippen molar-refractivity contribution in [3.05, 3.63) is 47.5 Å². The Morgan fingerprint density at radius 2 is 2.11 bits per heavy atom. The molecule has 1 aromatic carbocycles. The van der Waals surface area contributed by atoms with E-state index in [4.69, 9.17) is 12.2 Å². The van der Waals surface area contributed by atoms with Gasteiger partial charge in [0.25, 0.3) is 0 Å². The number of hydrogen-bond acceptors (Lipinski definition) is 1. The molecule has 0 radical (unpaired) electrons. The maximum Gasteiger partial charge on any atom is 0.167 e. The average molecular weight is 274 g/mol. The van der Waals surface area contributed by atoms with Gasteiger partial charge in [0.05, 0.1) is 6.04 Å². The van der Waals surface area contributed by atoms with E-state index in [2.05, 4.69) is 42.3 Å². The van der Waals surface area contributed by atoms with Gasteiger partial charge in [0.15, 0.2) is 5.11 Å². The Morgan fingerprint density at radius 1 is 1.37 bits per heavy atom. The van der Waals surface area contributed by atoms with Crippen LogP contribution in [0.2, 0.25) is 0 Å². The predicted octanol–water partition coefficient (Wildman–Crippen LogP) is 3.28. The molecule has 0 heterocycles. The quantitative estimate of drug-likeness (QED) is 0.651. The maximum absolute atomic E-state index is 5.25. The van der Waals surface area contributed by atoms with Crippen LogP contribution in [0.5, 0.6) is 0 Å². The van der Waals surface area contributed by atoms with E-state index in [1.165, 1.54) is 42.4 Å². The molecular formula is C16H22N2S. The van der Waals surface area contributed by atoms with Crippen molar-refractivity contribution in [1.82, 2.24) is 10.6 Å². The molecule has 0 amide bonds. The minimum absolute atomic E-state index is 0.233. The average Bonchev–Trinajstić information content (AvgIpc) is 2.44. The van der Waals surface area contributed by atoms with Crippen LogP contribution in [-0.4, -0.2) is 11.7 Å². The zero-order valence-electron chi connectivity index (χ0n) is 11.5. The van der Waals surface area contributed by atoms with Crippen LogP contribution < -0.4 is 10.6 Å². The Labute approximate surface area is 121 Å². The first-order valence-electron chi connectivity index (χ1n) is 6.97. The zero-order valence-corrected chi connectivity index (χ0v) is 12.4. The number of aryl methyl sites for hydroxylation is 2. The second-order valence-electron chi connectivity index (χ2n) is 5.10. The van der Waals surface area contributed by atoms with Gasteiger partial charge in [-0.15, -0.1) is 6.58 Å². The first kappa shape index (κ1) is 14.1. The summed E-state index contributed by atoms with van der Waals surface area (Å²) in [5.41, 5.74) is 4.35. The van der Waals surface area contributed by atoms with Crippen molar-refractivity contribution >= 4 is 17.3 Å². The van der Waals surface area contributed by atoms with Gasteiger partial charge in [-0.2, -0.15) is 0 Å². The summed E-state index contributed by atoms with van der Waals surface area (Å²) < 4.78 is 0. The number of hydrogen-bond donors (Lipinski definition) is 2. The third-order valence-electron chi connectivity index (χ3n) is 3.63. The van der Waals surface area contributed by atoms with Crippen LogP contribution >= 0.6 is 12.2 Å². The number of rotatable bonds is 4. The van der Waals surface area contributed by atoms with Gasteiger partial charge in [0.1, 0.15) is 0 Å². The molecule has 0 bridgehead atoms. The Hall–Kier alpha value is -1.35. The van der Waals surface area contributed by atoms with Crippen LogP contribution in [0.3, 0.4) is 0 Å². The van der Waals surface area contributed by atoms with Gasteiger partial charge in [-0.25, -0.2) is 0 Å². The highest BCUT2D eigenvalue weighted by atomic mass is 32.1. The Morgan fingerprint density at radius 3 is 2.84 bits per heavy atom. The van der Waals surface area contributed by atoms with Crippen molar-refractivity contribution in [2.24, 2.45) is 0 Å². The van der Waals surface area contributed by atoms with Crippen LogP contribution in [0, 0.1) is 0 Å². The second kappa shape index (κ2) is 6.71. The Balaban J connectivity index is 2.00. The van der Waals surface area contributed by atoms with Gasteiger partial charge in [-0.05, 0) is 61.5 Å². The molecule has 1 atom stereocenters. The standard InChI is InChI=1S/C16H22N2S/c1-3-10-17-16(19)18-12(2)14-9-8-13-6-4-5-7-15(13)11-14/h3,8-9,11-12H,1,4-7,10H2,2H3,(H2,17,18,19)/t12-/m0/s1. The fourth-order valence-electron chi connectivity index (χ4n) is 2.52. The van der Waals surface area contributed by atoms with E-state index in [0.717, 1.165) is 0 Å². The fraction of sp³-hybridized carbons (Fsp3) is 0.438. The molecule has 1 aliphatic rings. The van der Waals surface area contributed by atoms with Gasteiger partial charge >= 0.3 is 0 Å². The molecule has 0 aromatic heterocycles. The van der Waals surface area contributed by atoms with E-state index in [9.17, 15) is 0 Å². The van der Waals surface area contributed by atoms with Crippen LogP contribution in [-0.2, 0) is 12.8 Å². The summed E-state index contributed by atoms with van der Waals surface area (Å²) in [5.74, 6) is 0. The normalized spacial score (nSPS) is 15.2. The first-order chi connectivity index (χ1) is 9.20. The van der Waals surface area contributed by atoms with Gasteiger partial charge in [0.2, 0.25) is 0 Å². The molecule has 0 spiro atoms. The minimum Gasteiger partial charge on any atom is -0.359 e. The molecule has 0 saturated carbocycles. The summed E-state index contributed by atoms with van der Waals surface area (Å²) in [4.78, 5) is 0. The summed E-state index contributed by atoms with van der Waals surface area (Å²) in [7, 11) is 0. The molecule has 0 saturated heterocycles. The highest BCUT2D eigenvalue weighted by Crippen LogP contribution is 2.24. The van der Waals surface area contributed by atoms with Gasteiger partial charge in [-0.3, -0.25) is 0 Å². The lowest BCUT2D eigenvalue weighted by molar-refractivity contribution is 0.672. The van der Waals surface area contributed by atoms with Crippen LogP contribution in [0.15, 0.2) is 30.9 Å². The third-order valence-corrected chi connectivity index (χ3v) is 3.89. The van der Waals surface area contributed by atoms with Crippen molar-refractivity contribution in [1.29, 1.82) is 0 Å². The molecular weight excluding hydrogens is 252 g/mol. The lowest BCUT2D eigenvalue weighted by Gasteiger charge is -2.21. The molecule has 2 rings (SSSR count). The molecule has 0 unspecified atom stereocenters. The molecule has 0 aliphatic heterocycles. The van der Waals surface area contributed by atoms with Crippen molar-refractivity contribution in [3.8, 4) is 0 Å². The van der Waals surface area contributed by atoms with Crippen LogP contribution in [0.25, 0.3) is 0 Å². The maximum atomic E-state index is 5.25. The minimum atomic E-state index is 0.233. The number of nitrogens with one attached hydrogen (secondary N) is 2. The van der Waals surface area contributed by atoms with Crippen molar-refractivity contribution in [2.45, 2.75) is 38.6 Å². The lowest BCUT2D eigenvalue weighted by Crippen LogP contribution is -2.36. The SMILES string of the molecule is C=CCNC(=S)N[C@@H](C)c1ccc2c(c1)CCCC2. The lowest BCUT2D eigenvalue weighted by atomic mass is 9.89. The topological polar surface area (TPSA) is 24.1 Å². The van der Waals surface area contributed by atoms with Crippen molar-refractivity contribution < 1.29 is 0 Å². The predicted molar refractivity (Wildman–Crippen MR) is 85.4 cm³/mol.